The topological polar surface area (TPSA) is 92.5 Å². The molecule has 2 unspecified atom stereocenters. The summed E-state index contributed by atoms with van der Waals surface area (Å²) >= 11 is 0. The van der Waals surface area contributed by atoms with Crippen LogP contribution in [0.3, 0.4) is 0 Å². The minimum Gasteiger partial charge on any atom is -0.358 e. The number of amides is 1. The number of nitrogens with two attached hydrogens (primary N) is 1. The fraction of sp³-hybridized carbons (Fsp3) is 0.889. The zero-order valence-electron chi connectivity index (χ0n) is 9.64. The van der Waals surface area contributed by atoms with E-state index in [-0.39, 0.29) is 12.5 Å². The van der Waals surface area contributed by atoms with E-state index in [0.717, 1.165) is 0 Å². The van der Waals surface area contributed by atoms with Crippen LogP contribution in [0.25, 0.3) is 0 Å². The number of nitrogens with one attached hydrogen (secondary N) is 1. The van der Waals surface area contributed by atoms with Gasteiger partial charge in [0.1, 0.15) is 6.04 Å². The number of hydrogen-bond acceptors (Lipinski definition) is 4. The Kier molecular flexibility index (Phi) is 4.28. The van der Waals surface area contributed by atoms with Crippen molar-refractivity contribution in [2.75, 3.05) is 20.1 Å². The van der Waals surface area contributed by atoms with Crippen molar-refractivity contribution >= 4 is 15.9 Å². The van der Waals surface area contributed by atoms with Crippen molar-refractivity contribution in [3.63, 3.8) is 0 Å². The monoisotopic (exact) mass is 249 g/mol. The molecular formula is C9H19N3O3S. The summed E-state index contributed by atoms with van der Waals surface area (Å²) in [6, 6.07) is -0.566. The standard InChI is InChI=1S/C9H19N3O3S/c1-7(6-10)16(14,15)12-5-3-4-8(12)9(13)11-2/h7-8H,3-6,10H2,1-2H3,(H,11,13). The van der Waals surface area contributed by atoms with Gasteiger partial charge in [-0.05, 0) is 19.8 Å². The van der Waals surface area contributed by atoms with Gasteiger partial charge in [-0.15, -0.1) is 0 Å². The summed E-state index contributed by atoms with van der Waals surface area (Å²) in [4.78, 5) is 11.5. The lowest BCUT2D eigenvalue weighted by molar-refractivity contribution is -0.123. The van der Waals surface area contributed by atoms with E-state index in [9.17, 15) is 13.2 Å². The molecule has 1 fully saturated rings. The van der Waals surface area contributed by atoms with Crippen LogP contribution in [-0.2, 0) is 14.8 Å². The molecule has 0 saturated carbocycles. The van der Waals surface area contributed by atoms with E-state index in [1.54, 1.807) is 6.92 Å². The molecule has 0 aromatic heterocycles. The summed E-state index contributed by atoms with van der Waals surface area (Å²) < 4.78 is 25.4. The van der Waals surface area contributed by atoms with Crippen LogP contribution in [0.4, 0.5) is 0 Å². The van der Waals surface area contributed by atoms with Crippen molar-refractivity contribution in [1.29, 1.82) is 0 Å². The number of carbonyl (C=O) groups is 1. The summed E-state index contributed by atoms with van der Waals surface area (Å²) in [6.07, 6.45) is 1.30. The molecule has 1 aliphatic rings. The highest BCUT2D eigenvalue weighted by Gasteiger charge is 2.40. The number of hydrogen-bond donors (Lipinski definition) is 2. The summed E-state index contributed by atoms with van der Waals surface area (Å²) in [6.45, 7) is 2.04. The van der Waals surface area contributed by atoms with Crippen LogP contribution in [0.5, 0.6) is 0 Å². The minimum atomic E-state index is -3.45. The largest absolute Gasteiger partial charge is 0.358 e. The van der Waals surface area contributed by atoms with Crippen LogP contribution < -0.4 is 11.1 Å². The smallest absolute Gasteiger partial charge is 0.238 e. The SMILES string of the molecule is CNC(=O)C1CCCN1S(=O)(=O)C(C)CN. The van der Waals surface area contributed by atoms with E-state index < -0.39 is 21.3 Å². The lowest BCUT2D eigenvalue weighted by Crippen LogP contribution is -2.48. The van der Waals surface area contributed by atoms with Gasteiger partial charge in [-0.25, -0.2) is 8.42 Å². The Morgan fingerprint density at radius 3 is 2.75 bits per heavy atom. The Morgan fingerprint density at radius 1 is 1.62 bits per heavy atom. The first kappa shape index (κ1) is 13.4. The lowest BCUT2D eigenvalue weighted by atomic mass is 10.2. The second-order valence-electron chi connectivity index (χ2n) is 3.97. The summed E-state index contributed by atoms with van der Waals surface area (Å²) in [5.74, 6) is -0.245. The van der Waals surface area contributed by atoms with E-state index >= 15 is 0 Å². The number of likely N-dealkylation sites (N-methyl/N-ethyl adjacent to an activating group) is 1. The molecule has 2 atom stereocenters. The predicted molar refractivity (Wildman–Crippen MR) is 61.2 cm³/mol. The molecule has 0 radical (unpaired) electrons. The van der Waals surface area contributed by atoms with Crippen LogP contribution in [-0.4, -0.2) is 50.1 Å². The summed E-state index contributed by atoms with van der Waals surface area (Å²) in [7, 11) is -1.93. The zero-order chi connectivity index (χ0) is 12.3. The first-order chi connectivity index (χ1) is 7.45. The molecule has 1 heterocycles. The number of nitrogens with zero attached hydrogens (tertiary/aromatic N) is 1. The molecule has 16 heavy (non-hydrogen) atoms. The van der Waals surface area contributed by atoms with Gasteiger partial charge in [0.15, 0.2) is 0 Å². The van der Waals surface area contributed by atoms with E-state index in [2.05, 4.69) is 5.32 Å². The molecule has 1 saturated heterocycles. The molecule has 94 valence electrons. The Hall–Kier alpha value is -0.660. The average Bonchev–Trinajstić information content (AvgIpc) is 2.76. The average molecular weight is 249 g/mol. The van der Waals surface area contributed by atoms with Gasteiger partial charge in [0.25, 0.3) is 0 Å². The zero-order valence-corrected chi connectivity index (χ0v) is 10.5. The molecule has 0 spiro atoms. The van der Waals surface area contributed by atoms with Crippen molar-refractivity contribution in [1.82, 2.24) is 9.62 Å². The highest BCUT2D eigenvalue weighted by molar-refractivity contribution is 7.89. The third kappa shape index (κ3) is 2.36. The maximum atomic E-state index is 12.1. The van der Waals surface area contributed by atoms with E-state index in [1.165, 1.54) is 11.4 Å². The highest BCUT2D eigenvalue weighted by Crippen LogP contribution is 2.23. The van der Waals surface area contributed by atoms with Gasteiger partial charge >= 0.3 is 0 Å². The number of rotatable bonds is 4. The van der Waals surface area contributed by atoms with Crippen LogP contribution >= 0.6 is 0 Å². The molecule has 0 bridgehead atoms. The Balaban J connectivity index is 2.91. The molecule has 6 nitrogen and oxygen atoms in total. The van der Waals surface area contributed by atoms with Crippen LogP contribution in [0.2, 0.25) is 0 Å². The molecule has 0 aromatic carbocycles. The quantitative estimate of drug-likeness (QED) is 0.659. The molecular weight excluding hydrogens is 230 g/mol. The van der Waals surface area contributed by atoms with Crippen LogP contribution in [0, 0.1) is 0 Å². The highest BCUT2D eigenvalue weighted by atomic mass is 32.2. The maximum Gasteiger partial charge on any atom is 0.238 e. The Bertz CT molecular complexity index is 355. The number of sulfonamides is 1. The fourth-order valence-corrected chi connectivity index (χ4v) is 3.47. The molecule has 0 aliphatic carbocycles. The lowest BCUT2D eigenvalue weighted by Gasteiger charge is -2.25. The third-order valence-corrected chi connectivity index (χ3v) is 5.22. The van der Waals surface area contributed by atoms with Gasteiger partial charge in [-0.1, -0.05) is 0 Å². The van der Waals surface area contributed by atoms with E-state index in [0.29, 0.717) is 19.4 Å². The van der Waals surface area contributed by atoms with Crippen molar-refractivity contribution in [2.24, 2.45) is 5.73 Å². The van der Waals surface area contributed by atoms with Crippen molar-refractivity contribution in [3.05, 3.63) is 0 Å². The van der Waals surface area contributed by atoms with Gasteiger partial charge < -0.3 is 11.1 Å². The fourth-order valence-electron chi connectivity index (χ4n) is 1.83. The van der Waals surface area contributed by atoms with Gasteiger partial charge in [0.2, 0.25) is 15.9 Å². The van der Waals surface area contributed by atoms with Crippen LogP contribution in [0.1, 0.15) is 19.8 Å². The number of carbonyl (C=O) groups excluding carboxylic acids is 1. The Labute approximate surface area is 96.2 Å². The molecule has 7 heteroatoms. The first-order valence-corrected chi connectivity index (χ1v) is 6.87. The first-order valence-electron chi connectivity index (χ1n) is 5.37. The Morgan fingerprint density at radius 2 is 2.25 bits per heavy atom. The predicted octanol–water partition coefficient (Wildman–Crippen LogP) is -1.13. The summed E-state index contributed by atoms with van der Waals surface area (Å²) in [5.41, 5.74) is 5.37. The van der Waals surface area contributed by atoms with Crippen molar-refractivity contribution < 1.29 is 13.2 Å². The molecule has 3 N–H and O–H groups in total. The summed E-state index contributed by atoms with van der Waals surface area (Å²) in [5, 5.41) is 1.85. The molecule has 1 amide bonds. The van der Waals surface area contributed by atoms with E-state index in [1.807, 2.05) is 0 Å². The van der Waals surface area contributed by atoms with Gasteiger partial charge in [0.05, 0.1) is 5.25 Å². The van der Waals surface area contributed by atoms with E-state index in [4.69, 9.17) is 5.73 Å². The second kappa shape index (κ2) is 5.11. The third-order valence-electron chi connectivity index (χ3n) is 2.92. The molecule has 1 aliphatic heterocycles. The van der Waals surface area contributed by atoms with Crippen molar-refractivity contribution in [3.8, 4) is 0 Å². The van der Waals surface area contributed by atoms with Gasteiger partial charge in [-0.2, -0.15) is 4.31 Å². The second-order valence-corrected chi connectivity index (χ2v) is 6.28. The minimum absolute atomic E-state index is 0.0687. The van der Waals surface area contributed by atoms with Gasteiger partial charge in [0, 0.05) is 20.1 Å². The molecule has 0 aromatic rings. The maximum absolute atomic E-state index is 12.1. The normalized spacial score (nSPS) is 24.3. The molecule has 1 rings (SSSR count). The van der Waals surface area contributed by atoms with Crippen molar-refractivity contribution in [2.45, 2.75) is 31.1 Å². The van der Waals surface area contributed by atoms with Gasteiger partial charge in [-0.3, -0.25) is 4.79 Å². The van der Waals surface area contributed by atoms with Crippen LogP contribution in [0.15, 0.2) is 0 Å².